The number of nitrogens with zero attached hydrogens (tertiary/aromatic N) is 2. The van der Waals surface area contributed by atoms with Crippen LogP contribution in [0.2, 0.25) is 5.02 Å². The molecular formula is C16H13ClF3N3. The van der Waals surface area contributed by atoms with Crippen molar-refractivity contribution in [1.29, 1.82) is 0 Å². The number of halogens is 4. The van der Waals surface area contributed by atoms with E-state index < -0.39 is 11.7 Å². The van der Waals surface area contributed by atoms with Crippen molar-refractivity contribution in [2.45, 2.75) is 25.4 Å². The molecule has 3 nitrogen and oxygen atoms in total. The van der Waals surface area contributed by atoms with Gasteiger partial charge in [-0.1, -0.05) is 17.7 Å². The number of fused-ring (bicyclic) bond motifs is 1. The smallest absolute Gasteiger partial charge is 0.342 e. The van der Waals surface area contributed by atoms with Crippen molar-refractivity contribution < 1.29 is 13.2 Å². The first kappa shape index (κ1) is 15.8. The Labute approximate surface area is 135 Å². The number of hydrogen-bond acceptors (Lipinski definition) is 2. The molecule has 0 aliphatic rings. The zero-order valence-electron chi connectivity index (χ0n) is 12.0. The second kappa shape index (κ2) is 6.20. The van der Waals surface area contributed by atoms with Gasteiger partial charge in [0.25, 0.3) is 0 Å². The van der Waals surface area contributed by atoms with Gasteiger partial charge in [0.15, 0.2) is 0 Å². The summed E-state index contributed by atoms with van der Waals surface area (Å²) in [6, 6.07) is 7.97. The summed E-state index contributed by atoms with van der Waals surface area (Å²) < 4.78 is 38.5. The van der Waals surface area contributed by atoms with Crippen LogP contribution in [-0.2, 0) is 19.0 Å². The minimum Gasteiger partial charge on any atom is -0.342 e. The van der Waals surface area contributed by atoms with Crippen molar-refractivity contribution in [2.75, 3.05) is 0 Å². The van der Waals surface area contributed by atoms with E-state index in [9.17, 15) is 13.2 Å². The van der Waals surface area contributed by atoms with Gasteiger partial charge in [-0.05, 0) is 37.1 Å². The van der Waals surface area contributed by atoms with Gasteiger partial charge in [0.1, 0.15) is 5.82 Å². The van der Waals surface area contributed by atoms with E-state index in [-0.39, 0.29) is 5.02 Å². The zero-order chi connectivity index (χ0) is 16.4. The van der Waals surface area contributed by atoms with E-state index in [4.69, 9.17) is 11.6 Å². The van der Waals surface area contributed by atoms with Crippen LogP contribution in [0.5, 0.6) is 0 Å². The fraction of sp³-hybridized carbons (Fsp3) is 0.250. The van der Waals surface area contributed by atoms with Gasteiger partial charge < -0.3 is 4.98 Å². The molecule has 120 valence electrons. The number of aryl methyl sites for hydroxylation is 2. The molecule has 23 heavy (non-hydrogen) atoms. The first-order valence-corrected chi connectivity index (χ1v) is 7.46. The zero-order valence-corrected chi connectivity index (χ0v) is 12.7. The number of H-pyrrole nitrogens is 1. The summed E-state index contributed by atoms with van der Waals surface area (Å²) in [5.74, 6) is 0.645. The minimum absolute atomic E-state index is 0.337. The first-order chi connectivity index (χ1) is 10.9. The average molecular weight is 340 g/mol. The number of hydrogen-bond donors (Lipinski definition) is 1. The van der Waals surface area contributed by atoms with E-state index in [2.05, 4.69) is 15.0 Å². The molecule has 0 fully saturated rings. The fourth-order valence-electron chi connectivity index (χ4n) is 2.40. The number of pyridine rings is 1. The van der Waals surface area contributed by atoms with Crippen molar-refractivity contribution >= 4 is 22.6 Å². The van der Waals surface area contributed by atoms with Gasteiger partial charge in [0.05, 0.1) is 21.6 Å². The van der Waals surface area contributed by atoms with Crippen molar-refractivity contribution in [3.63, 3.8) is 0 Å². The van der Waals surface area contributed by atoms with Crippen molar-refractivity contribution in [3.8, 4) is 0 Å². The highest BCUT2D eigenvalue weighted by Crippen LogP contribution is 2.36. The van der Waals surface area contributed by atoms with Crippen LogP contribution in [0.1, 0.15) is 23.5 Å². The fourth-order valence-corrected chi connectivity index (χ4v) is 2.67. The Morgan fingerprint density at radius 1 is 1.13 bits per heavy atom. The molecule has 0 bridgehead atoms. The lowest BCUT2D eigenvalue weighted by Gasteiger charge is -2.07. The lowest BCUT2D eigenvalue weighted by atomic mass is 10.2. The quantitative estimate of drug-likeness (QED) is 0.741. The monoisotopic (exact) mass is 339 g/mol. The molecule has 0 spiro atoms. The molecule has 0 atom stereocenters. The van der Waals surface area contributed by atoms with Crippen molar-refractivity contribution in [1.82, 2.24) is 15.0 Å². The highest BCUT2D eigenvalue weighted by atomic mass is 35.5. The number of benzene rings is 1. The molecule has 0 unspecified atom stereocenters. The number of imidazole rings is 1. The average Bonchev–Trinajstić information content (AvgIpc) is 2.88. The van der Waals surface area contributed by atoms with Gasteiger partial charge in [0, 0.05) is 18.3 Å². The van der Waals surface area contributed by atoms with Crippen LogP contribution in [-0.4, -0.2) is 15.0 Å². The number of rotatable bonds is 4. The molecule has 0 aliphatic heterocycles. The van der Waals surface area contributed by atoms with Crippen LogP contribution in [0.4, 0.5) is 13.2 Å². The van der Waals surface area contributed by atoms with Crippen molar-refractivity contribution in [3.05, 3.63) is 58.6 Å². The van der Waals surface area contributed by atoms with Crippen LogP contribution >= 0.6 is 11.6 Å². The lowest BCUT2D eigenvalue weighted by molar-refractivity contribution is -0.137. The summed E-state index contributed by atoms with van der Waals surface area (Å²) >= 11 is 5.70. The maximum Gasteiger partial charge on any atom is 0.417 e. The molecule has 3 rings (SSSR count). The molecule has 2 aromatic heterocycles. The van der Waals surface area contributed by atoms with Gasteiger partial charge in [-0.3, -0.25) is 4.98 Å². The predicted octanol–water partition coefficient (Wildman–Crippen LogP) is 4.81. The topological polar surface area (TPSA) is 41.6 Å². The number of alkyl halides is 3. The Bertz CT molecular complexity index is 813. The highest BCUT2D eigenvalue weighted by molar-refractivity contribution is 6.32. The van der Waals surface area contributed by atoms with E-state index in [1.165, 1.54) is 6.07 Å². The van der Waals surface area contributed by atoms with Crippen LogP contribution in [0, 0.1) is 0 Å². The third-order valence-electron chi connectivity index (χ3n) is 3.50. The number of nitrogens with one attached hydrogen (secondary N) is 1. The second-order valence-corrected chi connectivity index (χ2v) is 5.61. The SMILES string of the molecule is FC(F)(F)c1cc2[nH]c(CCCc3ccccn3)nc2cc1Cl. The van der Waals surface area contributed by atoms with Gasteiger partial charge in [0.2, 0.25) is 0 Å². The molecular weight excluding hydrogens is 327 g/mol. The molecule has 7 heteroatoms. The molecule has 0 radical (unpaired) electrons. The maximum atomic E-state index is 12.8. The van der Waals surface area contributed by atoms with Crippen LogP contribution in [0.3, 0.4) is 0 Å². The molecule has 1 aromatic carbocycles. The molecule has 1 N–H and O–H groups in total. The summed E-state index contributed by atoms with van der Waals surface area (Å²) in [5, 5.41) is -0.337. The molecule has 0 saturated carbocycles. The number of aromatic amines is 1. The third-order valence-corrected chi connectivity index (χ3v) is 3.81. The van der Waals surface area contributed by atoms with E-state index in [1.807, 2.05) is 18.2 Å². The summed E-state index contributed by atoms with van der Waals surface area (Å²) in [4.78, 5) is 11.5. The lowest BCUT2D eigenvalue weighted by Crippen LogP contribution is -2.05. The summed E-state index contributed by atoms with van der Waals surface area (Å²) in [7, 11) is 0. The van der Waals surface area contributed by atoms with E-state index in [0.717, 1.165) is 24.6 Å². The standard InChI is InChI=1S/C16H13ClF3N3/c17-12-9-14-13(8-11(12)16(18,19)20)22-15(23-14)6-3-5-10-4-1-2-7-21-10/h1-2,4,7-9H,3,5-6H2,(H,22,23). The second-order valence-electron chi connectivity index (χ2n) is 5.21. The van der Waals surface area contributed by atoms with Crippen LogP contribution in [0.15, 0.2) is 36.5 Å². The third kappa shape index (κ3) is 3.64. The summed E-state index contributed by atoms with van der Waals surface area (Å²) in [6.07, 6.45) is -0.528. The van der Waals surface area contributed by atoms with Crippen molar-refractivity contribution in [2.24, 2.45) is 0 Å². The van der Waals surface area contributed by atoms with E-state index >= 15 is 0 Å². The van der Waals surface area contributed by atoms with Crippen LogP contribution in [0.25, 0.3) is 11.0 Å². The summed E-state index contributed by atoms with van der Waals surface area (Å²) in [6.45, 7) is 0. The first-order valence-electron chi connectivity index (χ1n) is 7.09. The molecule has 2 heterocycles. The normalized spacial score (nSPS) is 12.0. The molecule has 0 aliphatic carbocycles. The van der Waals surface area contributed by atoms with Crippen LogP contribution < -0.4 is 0 Å². The summed E-state index contributed by atoms with van der Waals surface area (Å²) in [5.41, 5.74) is 0.909. The van der Waals surface area contributed by atoms with E-state index in [1.54, 1.807) is 6.20 Å². The van der Waals surface area contributed by atoms with Gasteiger partial charge in [-0.25, -0.2) is 4.98 Å². The Kier molecular flexibility index (Phi) is 4.26. The molecule has 0 saturated heterocycles. The van der Waals surface area contributed by atoms with E-state index in [0.29, 0.717) is 23.3 Å². The highest BCUT2D eigenvalue weighted by Gasteiger charge is 2.33. The Morgan fingerprint density at radius 2 is 1.96 bits per heavy atom. The largest absolute Gasteiger partial charge is 0.417 e. The molecule has 3 aromatic rings. The predicted molar refractivity (Wildman–Crippen MR) is 82.4 cm³/mol. The minimum atomic E-state index is -4.48. The Morgan fingerprint density at radius 3 is 2.65 bits per heavy atom. The maximum absolute atomic E-state index is 12.8. The van der Waals surface area contributed by atoms with Gasteiger partial charge in [-0.15, -0.1) is 0 Å². The van der Waals surface area contributed by atoms with Gasteiger partial charge in [-0.2, -0.15) is 13.2 Å². The Hall–Kier alpha value is -2.08. The molecule has 0 amide bonds. The Balaban J connectivity index is 1.75. The number of aromatic nitrogens is 3. The van der Waals surface area contributed by atoms with Gasteiger partial charge >= 0.3 is 6.18 Å².